The smallest absolute Gasteiger partial charge is 0.234 e. The SMILES string of the molecule is CN(CC(=O)NC1(c2ccccc2)CCC1)CC(O)C1CC1. The van der Waals surface area contributed by atoms with Crippen LogP contribution in [0.3, 0.4) is 0 Å². The van der Waals surface area contributed by atoms with E-state index in [-0.39, 0.29) is 17.6 Å². The molecule has 0 heterocycles. The van der Waals surface area contributed by atoms with E-state index in [9.17, 15) is 9.90 Å². The molecule has 2 aliphatic rings. The Morgan fingerprint density at radius 3 is 2.59 bits per heavy atom. The number of benzene rings is 1. The number of hydrogen-bond acceptors (Lipinski definition) is 3. The van der Waals surface area contributed by atoms with Crippen molar-refractivity contribution in [1.82, 2.24) is 10.2 Å². The third kappa shape index (κ3) is 3.50. The van der Waals surface area contributed by atoms with Crippen molar-refractivity contribution in [3.63, 3.8) is 0 Å². The standard InChI is InChI=1S/C18H26N2O2/c1-20(12-16(21)14-8-9-14)13-17(22)19-18(10-5-11-18)15-6-3-2-4-7-15/h2-4,6-7,14,16,21H,5,8-13H2,1H3,(H,19,22). The molecule has 4 heteroatoms. The summed E-state index contributed by atoms with van der Waals surface area (Å²) < 4.78 is 0. The molecule has 2 saturated carbocycles. The number of hydrogen-bond donors (Lipinski definition) is 2. The van der Waals surface area contributed by atoms with Gasteiger partial charge in [0.05, 0.1) is 18.2 Å². The Labute approximate surface area is 132 Å². The van der Waals surface area contributed by atoms with Crippen LogP contribution in [0.5, 0.6) is 0 Å². The molecule has 3 rings (SSSR count). The van der Waals surface area contributed by atoms with Gasteiger partial charge in [0.1, 0.15) is 0 Å². The summed E-state index contributed by atoms with van der Waals surface area (Å²) in [5.41, 5.74) is 1.03. The summed E-state index contributed by atoms with van der Waals surface area (Å²) in [6, 6.07) is 10.3. The number of carbonyl (C=O) groups excluding carboxylic acids is 1. The fraction of sp³-hybridized carbons (Fsp3) is 0.611. The van der Waals surface area contributed by atoms with Gasteiger partial charge in [0.15, 0.2) is 0 Å². The highest BCUT2D eigenvalue weighted by Crippen LogP contribution is 2.41. The van der Waals surface area contributed by atoms with E-state index in [0.717, 1.165) is 32.1 Å². The van der Waals surface area contributed by atoms with Gasteiger partial charge in [-0.25, -0.2) is 0 Å². The normalized spacial score (nSPS) is 21.2. The van der Waals surface area contributed by atoms with Crippen molar-refractivity contribution in [3.05, 3.63) is 35.9 Å². The van der Waals surface area contributed by atoms with Crippen LogP contribution in [0.25, 0.3) is 0 Å². The first-order valence-corrected chi connectivity index (χ1v) is 8.32. The van der Waals surface area contributed by atoms with Gasteiger partial charge >= 0.3 is 0 Å². The van der Waals surface area contributed by atoms with Crippen LogP contribution < -0.4 is 5.32 Å². The number of amides is 1. The average Bonchev–Trinajstić information content (AvgIpc) is 3.28. The second-order valence-corrected chi connectivity index (χ2v) is 6.95. The Morgan fingerprint density at radius 1 is 1.36 bits per heavy atom. The molecule has 1 unspecified atom stereocenters. The molecule has 1 aromatic carbocycles. The van der Waals surface area contributed by atoms with Crippen LogP contribution in [-0.2, 0) is 10.3 Å². The van der Waals surface area contributed by atoms with E-state index in [1.807, 2.05) is 30.1 Å². The zero-order chi connectivity index (χ0) is 15.6. The third-order valence-electron chi connectivity index (χ3n) is 4.99. The maximum absolute atomic E-state index is 12.4. The largest absolute Gasteiger partial charge is 0.392 e. The predicted molar refractivity (Wildman–Crippen MR) is 86.3 cm³/mol. The average molecular weight is 302 g/mol. The summed E-state index contributed by atoms with van der Waals surface area (Å²) in [7, 11) is 1.90. The molecular weight excluding hydrogens is 276 g/mol. The Kier molecular flexibility index (Phi) is 4.50. The molecule has 4 nitrogen and oxygen atoms in total. The Balaban J connectivity index is 1.53. The molecule has 22 heavy (non-hydrogen) atoms. The first kappa shape index (κ1) is 15.5. The lowest BCUT2D eigenvalue weighted by Crippen LogP contribution is -2.53. The van der Waals surface area contributed by atoms with Gasteiger partial charge in [0, 0.05) is 6.54 Å². The molecule has 0 spiro atoms. The maximum Gasteiger partial charge on any atom is 0.234 e. The molecule has 0 bridgehead atoms. The first-order valence-electron chi connectivity index (χ1n) is 8.32. The number of nitrogens with one attached hydrogen (secondary N) is 1. The fourth-order valence-corrected chi connectivity index (χ4v) is 3.34. The number of nitrogens with zero attached hydrogens (tertiary/aromatic N) is 1. The Bertz CT molecular complexity index is 509. The van der Waals surface area contributed by atoms with Crippen molar-refractivity contribution in [2.24, 2.45) is 5.92 Å². The molecule has 120 valence electrons. The van der Waals surface area contributed by atoms with E-state index >= 15 is 0 Å². The molecule has 0 aliphatic heterocycles. The second-order valence-electron chi connectivity index (χ2n) is 6.95. The maximum atomic E-state index is 12.4. The van der Waals surface area contributed by atoms with Gasteiger partial charge < -0.3 is 10.4 Å². The van der Waals surface area contributed by atoms with Gasteiger partial charge in [-0.3, -0.25) is 9.69 Å². The lowest BCUT2D eigenvalue weighted by Gasteiger charge is -2.43. The quantitative estimate of drug-likeness (QED) is 0.808. The number of aliphatic hydroxyl groups is 1. The molecule has 0 radical (unpaired) electrons. The fourth-order valence-electron chi connectivity index (χ4n) is 3.34. The molecule has 1 amide bonds. The van der Waals surface area contributed by atoms with Gasteiger partial charge in [0.25, 0.3) is 0 Å². The van der Waals surface area contributed by atoms with Crippen LogP contribution in [0.15, 0.2) is 30.3 Å². The van der Waals surface area contributed by atoms with Crippen LogP contribution >= 0.6 is 0 Å². The molecule has 2 fully saturated rings. The minimum atomic E-state index is -0.287. The van der Waals surface area contributed by atoms with E-state index in [2.05, 4.69) is 17.4 Å². The summed E-state index contributed by atoms with van der Waals surface area (Å²) in [5, 5.41) is 13.2. The molecule has 1 atom stereocenters. The molecule has 0 aromatic heterocycles. The molecule has 2 aliphatic carbocycles. The van der Waals surface area contributed by atoms with Crippen LogP contribution in [0.4, 0.5) is 0 Å². The highest BCUT2D eigenvalue weighted by atomic mass is 16.3. The summed E-state index contributed by atoms with van der Waals surface area (Å²) in [6.45, 7) is 0.925. The van der Waals surface area contributed by atoms with Crippen LogP contribution in [0.1, 0.15) is 37.7 Å². The van der Waals surface area contributed by atoms with E-state index in [0.29, 0.717) is 19.0 Å². The van der Waals surface area contributed by atoms with Crippen molar-refractivity contribution in [1.29, 1.82) is 0 Å². The minimum Gasteiger partial charge on any atom is -0.392 e. The topological polar surface area (TPSA) is 52.6 Å². The summed E-state index contributed by atoms with van der Waals surface area (Å²) in [5.74, 6) is 0.502. The summed E-state index contributed by atoms with van der Waals surface area (Å²) >= 11 is 0. The number of rotatable bonds is 7. The van der Waals surface area contributed by atoms with Gasteiger partial charge in [0.2, 0.25) is 5.91 Å². The number of likely N-dealkylation sites (N-methyl/N-ethyl adjacent to an activating group) is 1. The van der Waals surface area contributed by atoms with Gasteiger partial charge in [-0.1, -0.05) is 30.3 Å². The van der Waals surface area contributed by atoms with E-state index in [1.54, 1.807) is 0 Å². The summed E-state index contributed by atoms with van der Waals surface area (Å²) in [4.78, 5) is 14.3. The van der Waals surface area contributed by atoms with Gasteiger partial charge in [-0.15, -0.1) is 0 Å². The monoisotopic (exact) mass is 302 g/mol. The van der Waals surface area contributed by atoms with E-state index in [1.165, 1.54) is 5.56 Å². The van der Waals surface area contributed by atoms with E-state index in [4.69, 9.17) is 0 Å². The van der Waals surface area contributed by atoms with Gasteiger partial charge in [-0.2, -0.15) is 0 Å². The Hall–Kier alpha value is -1.39. The molecular formula is C18H26N2O2. The zero-order valence-corrected chi connectivity index (χ0v) is 13.3. The number of carbonyl (C=O) groups is 1. The third-order valence-corrected chi connectivity index (χ3v) is 4.99. The lowest BCUT2D eigenvalue weighted by atomic mass is 9.72. The zero-order valence-electron chi connectivity index (χ0n) is 13.3. The van der Waals surface area contributed by atoms with Crippen molar-refractivity contribution < 1.29 is 9.90 Å². The molecule has 1 aromatic rings. The number of aliphatic hydroxyl groups excluding tert-OH is 1. The van der Waals surface area contributed by atoms with Crippen molar-refractivity contribution >= 4 is 5.91 Å². The molecule has 0 saturated heterocycles. The second kappa shape index (κ2) is 6.39. The first-order chi connectivity index (χ1) is 10.6. The predicted octanol–water partition coefficient (Wildman–Crippen LogP) is 1.88. The summed E-state index contributed by atoms with van der Waals surface area (Å²) in [6.07, 6.45) is 5.14. The van der Waals surface area contributed by atoms with E-state index < -0.39 is 0 Å². The van der Waals surface area contributed by atoms with Gasteiger partial charge in [-0.05, 0) is 50.6 Å². The highest BCUT2D eigenvalue weighted by Gasteiger charge is 2.40. The minimum absolute atomic E-state index is 0.0500. The van der Waals surface area contributed by atoms with Crippen molar-refractivity contribution in [2.45, 2.75) is 43.7 Å². The lowest BCUT2D eigenvalue weighted by molar-refractivity contribution is -0.125. The van der Waals surface area contributed by atoms with Crippen molar-refractivity contribution in [2.75, 3.05) is 20.1 Å². The highest BCUT2D eigenvalue weighted by molar-refractivity contribution is 5.79. The van der Waals surface area contributed by atoms with Crippen LogP contribution in [-0.4, -0.2) is 42.2 Å². The molecule has 2 N–H and O–H groups in total. The Morgan fingerprint density at radius 2 is 2.05 bits per heavy atom. The van der Waals surface area contributed by atoms with Crippen LogP contribution in [0, 0.1) is 5.92 Å². The van der Waals surface area contributed by atoms with Crippen molar-refractivity contribution in [3.8, 4) is 0 Å². The van der Waals surface area contributed by atoms with Crippen LogP contribution in [0.2, 0.25) is 0 Å².